The van der Waals surface area contributed by atoms with Crippen molar-refractivity contribution in [3.8, 4) is 0 Å². The molecule has 0 aromatic carbocycles. The summed E-state index contributed by atoms with van der Waals surface area (Å²) in [6.45, 7) is 0. The molecule has 0 spiro atoms. The summed E-state index contributed by atoms with van der Waals surface area (Å²) in [5, 5.41) is 3.22. The van der Waals surface area contributed by atoms with Crippen molar-refractivity contribution in [3.05, 3.63) is 0 Å². The Balaban J connectivity index is 2.06. The van der Waals surface area contributed by atoms with Crippen molar-refractivity contribution < 1.29 is 0 Å². The molecule has 1 atom stereocenters. The molecule has 0 heterocycles. The topological polar surface area (TPSA) is 12.0 Å². The summed E-state index contributed by atoms with van der Waals surface area (Å²) in [6, 6.07) is 0.822. The van der Waals surface area contributed by atoms with Crippen molar-refractivity contribution in [2.75, 3.05) is 7.05 Å². The summed E-state index contributed by atoms with van der Waals surface area (Å²) in [5.41, 5.74) is 0.900. The highest BCUT2D eigenvalue weighted by molar-refractivity contribution is 7.17. The molecule has 1 fully saturated rings. The summed E-state index contributed by atoms with van der Waals surface area (Å²) in [5.74, 6) is 0. The van der Waals surface area contributed by atoms with E-state index in [1.165, 1.54) is 12.8 Å². The van der Waals surface area contributed by atoms with E-state index < -0.39 is 0 Å². The zero-order valence-electron chi connectivity index (χ0n) is 4.65. The van der Waals surface area contributed by atoms with Gasteiger partial charge in [0, 0.05) is 6.04 Å². The Morgan fingerprint density at radius 3 is 2.29 bits per heavy atom. The number of nitrogens with one attached hydrogen (secondary N) is 1. The second kappa shape index (κ2) is 2.11. The van der Waals surface area contributed by atoms with Crippen molar-refractivity contribution in [3.63, 3.8) is 0 Å². The predicted molar refractivity (Wildman–Crippen MR) is 35.6 cm³/mol. The van der Waals surface area contributed by atoms with Crippen LogP contribution in [0.4, 0.5) is 0 Å². The van der Waals surface area contributed by atoms with Crippen LogP contribution in [0.5, 0.6) is 0 Å². The minimum absolute atomic E-state index is 0.822. The standard InChI is InChI=1S/C5H12NP/c1-6-4-2-5(7)3-4/h4-6H,2-3,7H2,1H3. The summed E-state index contributed by atoms with van der Waals surface area (Å²) in [4.78, 5) is 0. The molecule has 0 aromatic heterocycles. The first-order chi connectivity index (χ1) is 3.33. The van der Waals surface area contributed by atoms with E-state index in [1.54, 1.807) is 0 Å². The zero-order valence-corrected chi connectivity index (χ0v) is 5.80. The van der Waals surface area contributed by atoms with Gasteiger partial charge in [0.05, 0.1) is 0 Å². The molecule has 0 aromatic rings. The maximum Gasteiger partial charge on any atom is 0.00757 e. The van der Waals surface area contributed by atoms with Gasteiger partial charge in [0.1, 0.15) is 0 Å². The van der Waals surface area contributed by atoms with Crippen LogP contribution in [0.1, 0.15) is 12.8 Å². The van der Waals surface area contributed by atoms with E-state index in [4.69, 9.17) is 0 Å². The van der Waals surface area contributed by atoms with Crippen molar-refractivity contribution >= 4 is 9.24 Å². The third-order valence-electron chi connectivity index (χ3n) is 1.58. The quantitative estimate of drug-likeness (QED) is 0.496. The van der Waals surface area contributed by atoms with Crippen LogP contribution in [0, 0.1) is 0 Å². The van der Waals surface area contributed by atoms with Gasteiger partial charge in [-0.1, -0.05) is 0 Å². The molecule has 1 unspecified atom stereocenters. The lowest BCUT2D eigenvalue weighted by Gasteiger charge is -2.31. The van der Waals surface area contributed by atoms with E-state index in [0.29, 0.717) is 0 Å². The zero-order chi connectivity index (χ0) is 5.28. The summed E-state index contributed by atoms with van der Waals surface area (Å²) in [6.07, 6.45) is 2.70. The molecule has 0 saturated heterocycles. The second-order valence-electron chi connectivity index (χ2n) is 2.22. The van der Waals surface area contributed by atoms with E-state index in [9.17, 15) is 0 Å². The Bertz CT molecular complexity index is 59.1. The molecule has 0 amide bonds. The van der Waals surface area contributed by atoms with Gasteiger partial charge in [0.15, 0.2) is 0 Å². The van der Waals surface area contributed by atoms with Gasteiger partial charge >= 0.3 is 0 Å². The fourth-order valence-electron chi connectivity index (χ4n) is 0.898. The van der Waals surface area contributed by atoms with Gasteiger partial charge in [-0.15, -0.1) is 9.24 Å². The van der Waals surface area contributed by atoms with Crippen molar-refractivity contribution in [2.45, 2.75) is 24.5 Å². The largest absolute Gasteiger partial charge is 0.317 e. The average molecular weight is 117 g/mol. The van der Waals surface area contributed by atoms with Crippen LogP contribution in [0.3, 0.4) is 0 Å². The van der Waals surface area contributed by atoms with Gasteiger partial charge in [-0.25, -0.2) is 0 Å². The third kappa shape index (κ3) is 1.14. The molecule has 1 aliphatic rings. The van der Waals surface area contributed by atoms with Crippen LogP contribution in [0.25, 0.3) is 0 Å². The Morgan fingerprint density at radius 1 is 1.57 bits per heavy atom. The number of rotatable bonds is 1. The summed E-state index contributed by atoms with van der Waals surface area (Å²) >= 11 is 0. The van der Waals surface area contributed by atoms with Gasteiger partial charge in [0.25, 0.3) is 0 Å². The Morgan fingerprint density at radius 2 is 2.14 bits per heavy atom. The monoisotopic (exact) mass is 117 g/mol. The average Bonchev–Trinajstić information content (AvgIpc) is 1.58. The van der Waals surface area contributed by atoms with Crippen LogP contribution in [-0.4, -0.2) is 18.7 Å². The van der Waals surface area contributed by atoms with E-state index in [2.05, 4.69) is 14.6 Å². The van der Waals surface area contributed by atoms with Crippen LogP contribution >= 0.6 is 9.24 Å². The molecule has 1 saturated carbocycles. The Hall–Kier alpha value is 0.390. The van der Waals surface area contributed by atoms with Gasteiger partial charge in [-0.2, -0.15) is 0 Å². The maximum absolute atomic E-state index is 3.22. The van der Waals surface area contributed by atoms with E-state index in [-0.39, 0.29) is 0 Å². The van der Waals surface area contributed by atoms with Crippen molar-refractivity contribution in [2.24, 2.45) is 0 Å². The molecule has 1 aliphatic carbocycles. The van der Waals surface area contributed by atoms with Crippen LogP contribution in [0.2, 0.25) is 0 Å². The molecule has 0 bridgehead atoms. The third-order valence-corrected chi connectivity index (χ3v) is 2.13. The van der Waals surface area contributed by atoms with Gasteiger partial charge in [-0.05, 0) is 25.5 Å². The van der Waals surface area contributed by atoms with Crippen LogP contribution in [-0.2, 0) is 0 Å². The van der Waals surface area contributed by atoms with Crippen LogP contribution in [0.15, 0.2) is 0 Å². The highest BCUT2D eigenvalue weighted by Crippen LogP contribution is 2.26. The minimum atomic E-state index is 0.822. The van der Waals surface area contributed by atoms with Crippen molar-refractivity contribution in [1.82, 2.24) is 5.32 Å². The summed E-state index contributed by atoms with van der Waals surface area (Å²) < 4.78 is 0. The molecule has 1 N–H and O–H groups in total. The van der Waals surface area contributed by atoms with Gasteiger partial charge < -0.3 is 5.32 Å². The molecular formula is C5H12NP. The highest BCUT2D eigenvalue weighted by atomic mass is 31.0. The normalized spacial score (nSPS) is 40.3. The maximum atomic E-state index is 3.22. The smallest absolute Gasteiger partial charge is 0.00757 e. The van der Waals surface area contributed by atoms with Crippen molar-refractivity contribution in [1.29, 1.82) is 0 Å². The molecular weight excluding hydrogens is 105 g/mol. The first kappa shape index (κ1) is 5.53. The lowest BCUT2D eigenvalue weighted by atomic mass is 9.93. The number of hydrogen-bond donors (Lipinski definition) is 1. The van der Waals surface area contributed by atoms with Crippen LogP contribution < -0.4 is 5.32 Å². The SMILES string of the molecule is CNC1CC(P)C1. The second-order valence-corrected chi connectivity index (χ2v) is 3.16. The lowest BCUT2D eigenvalue weighted by Crippen LogP contribution is -2.39. The van der Waals surface area contributed by atoms with Gasteiger partial charge in [-0.3, -0.25) is 0 Å². The molecule has 1 nitrogen and oxygen atoms in total. The molecule has 7 heavy (non-hydrogen) atoms. The first-order valence-corrected chi connectivity index (χ1v) is 3.42. The fourth-order valence-corrected chi connectivity index (χ4v) is 1.55. The van der Waals surface area contributed by atoms with E-state index >= 15 is 0 Å². The highest BCUT2D eigenvalue weighted by Gasteiger charge is 2.22. The molecule has 42 valence electrons. The fraction of sp³-hybridized carbons (Fsp3) is 1.00. The van der Waals surface area contributed by atoms with E-state index in [1.807, 2.05) is 7.05 Å². The Kier molecular flexibility index (Phi) is 1.66. The molecule has 0 aliphatic heterocycles. The molecule has 2 heteroatoms. The minimum Gasteiger partial charge on any atom is -0.317 e. The molecule has 1 rings (SSSR count). The lowest BCUT2D eigenvalue weighted by molar-refractivity contribution is 0.374. The summed E-state index contributed by atoms with van der Waals surface area (Å²) in [7, 11) is 4.86. The van der Waals surface area contributed by atoms with E-state index in [0.717, 1.165) is 11.7 Å². The number of hydrogen-bond acceptors (Lipinski definition) is 1. The first-order valence-electron chi connectivity index (χ1n) is 2.76. The molecule has 0 radical (unpaired) electrons. The predicted octanol–water partition coefficient (Wildman–Crippen LogP) is 0.612. The Labute approximate surface area is 47.1 Å². The van der Waals surface area contributed by atoms with Gasteiger partial charge in [0.2, 0.25) is 0 Å².